The average Bonchev–Trinajstić information content (AvgIpc) is 2.56. The van der Waals surface area contributed by atoms with Gasteiger partial charge >= 0.3 is 0 Å². The quantitative estimate of drug-likeness (QED) is 0.752. The van der Waals surface area contributed by atoms with Crippen LogP contribution in [0.3, 0.4) is 0 Å². The minimum Gasteiger partial charge on any atom is -0.341 e. The van der Waals surface area contributed by atoms with Crippen LogP contribution in [0.2, 0.25) is 0 Å². The molecule has 0 spiro atoms. The van der Waals surface area contributed by atoms with Crippen molar-refractivity contribution >= 4 is 5.91 Å². The molecule has 1 aliphatic rings. The van der Waals surface area contributed by atoms with Crippen molar-refractivity contribution in [1.82, 2.24) is 9.80 Å². The van der Waals surface area contributed by atoms with Crippen LogP contribution < -0.4 is 0 Å². The van der Waals surface area contributed by atoms with E-state index in [1.54, 1.807) is 0 Å². The summed E-state index contributed by atoms with van der Waals surface area (Å²) in [5, 5.41) is 0. The Labute approximate surface area is 148 Å². The number of carbonyl (C=O) groups is 1. The first kappa shape index (κ1) is 19.0. The zero-order valence-electron chi connectivity index (χ0n) is 15.9. The molecule has 3 nitrogen and oxygen atoms in total. The van der Waals surface area contributed by atoms with Gasteiger partial charge in [0.1, 0.15) is 0 Å². The number of amides is 1. The smallest absolute Gasteiger partial charge is 0.253 e. The summed E-state index contributed by atoms with van der Waals surface area (Å²) in [6.45, 7) is 11.2. The molecule has 1 saturated heterocycles. The first-order valence-corrected chi connectivity index (χ1v) is 9.56. The van der Waals surface area contributed by atoms with Gasteiger partial charge in [-0.1, -0.05) is 39.3 Å². The predicted molar refractivity (Wildman–Crippen MR) is 101 cm³/mol. The second-order valence-electron chi connectivity index (χ2n) is 7.77. The molecule has 0 unspecified atom stereocenters. The summed E-state index contributed by atoms with van der Waals surface area (Å²) < 4.78 is 0. The molecule has 0 atom stereocenters. The fourth-order valence-electron chi connectivity index (χ4n) is 3.66. The Morgan fingerprint density at radius 1 is 1.21 bits per heavy atom. The van der Waals surface area contributed by atoms with Gasteiger partial charge in [-0.2, -0.15) is 0 Å². The Hall–Kier alpha value is -1.35. The number of likely N-dealkylation sites (tertiary alicyclic amines) is 1. The molecule has 1 amide bonds. The number of hydrogen-bond acceptors (Lipinski definition) is 2. The number of hydrogen-bond donors (Lipinski definition) is 0. The van der Waals surface area contributed by atoms with Crippen molar-refractivity contribution in [2.45, 2.75) is 46.5 Å². The van der Waals surface area contributed by atoms with Gasteiger partial charge in [0, 0.05) is 25.7 Å². The molecule has 2 rings (SSSR count). The zero-order chi connectivity index (χ0) is 17.5. The first-order valence-electron chi connectivity index (χ1n) is 9.56. The van der Waals surface area contributed by atoms with E-state index in [1.807, 2.05) is 24.1 Å². The van der Waals surface area contributed by atoms with E-state index in [9.17, 15) is 4.79 Å². The number of benzene rings is 1. The molecule has 1 aliphatic heterocycles. The van der Waals surface area contributed by atoms with E-state index in [4.69, 9.17) is 0 Å². The van der Waals surface area contributed by atoms with E-state index >= 15 is 0 Å². The van der Waals surface area contributed by atoms with Gasteiger partial charge in [-0.05, 0) is 61.9 Å². The maximum atomic E-state index is 12.6. The van der Waals surface area contributed by atoms with E-state index in [-0.39, 0.29) is 5.91 Å². The Morgan fingerprint density at radius 3 is 2.38 bits per heavy atom. The van der Waals surface area contributed by atoms with E-state index in [0.717, 1.165) is 30.9 Å². The van der Waals surface area contributed by atoms with Gasteiger partial charge < -0.3 is 9.80 Å². The van der Waals surface area contributed by atoms with Gasteiger partial charge in [0.25, 0.3) is 5.91 Å². The minimum atomic E-state index is 0.155. The second kappa shape index (κ2) is 9.22. The van der Waals surface area contributed by atoms with E-state index in [0.29, 0.717) is 5.92 Å². The average molecular weight is 331 g/mol. The van der Waals surface area contributed by atoms with Crippen LogP contribution in [0.4, 0.5) is 0 Å². The van der Waals surface area contributed by atoms with E-state index in [1.165, 1.54) is 38.0 Å². The lowest BCUT2D eigenvalue weighted by Gasteiger charge is -2.34. The fraction of sp³-hybridized carbons (Fsp3) is 0.667. The number of nitrogens with zero attached hydrogens (tertiary/aromatic N) is 2. The van der Waals surface area contributed by atoms with Gasteiger partial charge in [-0.15, -0.1) is 0 Å². The molecule has 0 aromatic heterocycles. The molecular formula is C21H34N2O. The molecule has 0 saturated carbocycles. The number of aryl methyl sites for hydroxylation is 1. The minimum absolute atomic E-state index is 0.155. The van der Waals surface area contributed by atoms with Crippen molar-refractivity contribution < 1.29 is 4.79 Å². The number of carbonyl (C=O) groups excluding carboxylic acids is 1. The molecule has 24 heavy (non-hydrogen) atoms. The standard InChI is InChI=1S/C21H34N2O/c1-5-6-18-7-9-20(10-8-18)21(24)22(4)16-19-11-13-23(14-12-19)15-17(2)3/h7-10,17,19H,5-6,11-16H2,1-4H3. The Morgan fingerprint density at radius 2 is 1.83 bits per heavy atom. The van der Waals surface area contributed by atoms with Crippen LogP contribution in [-0.4, -0.2) is 48.9 Å². The van der Waals surface area contributed by atoms with Gasteiger partial charge in [0.2, 0.25) is 0 Å². The summed E-state index contributed by atoms with van der Waals surface area (Å²) in [6, 6.07) is 8.15. The maximum absolute atomic E-state index is 12.6. The van der Waals surface area contributed by atoms with Crippen molar-refractivity contribution in [1.29, 1.82) is 0 Å². The van der Waals surface area contributed by atoms with Crippen LogP contribution in [0, 0.1) is 11.8 Å². The molecule has 0 N–H and O–H groups in total. The summed E-state index contributed by atoms with van der Waals surface area (Å²) in [5.41, 5.74) is 2.13. The van der Waals surface area contributed by atoms with Crippen molar-refractivity contribution in [2.75, 3.05) is 33.2 Å². The van der Waals surface area contributed by atoms with Crippen LogP contribution in [0.15, 0.2) is 24.3 Å². The van der Waals surface area contributed by atoms with Crippen LogP contribution in [0.5, 0.6) is 0 Å². The molecule has 134 valence electrons. The Kier molecular flexibility index (Phi) is 7.29. The molecule has 1 heterocycles. The van der Waals surface area contributed by atoms with Crippen molar-refractivity contribution in [2.24, 2.45) is 11.8 Å². The third kappa shape index (κ3) is 5.62. The Balaban J connectivity index is 1.81. The van der Waals surface area contributed by atoms with Crippen molar-refractivity contribution in [3.8, 4) is 0 Å². The number of rotatable bonds is 7. The largest absolute Gasteiger partial charge is 0.341 e. The van der Waals surface area contributed by atoms with E-state index in [2.05, 4.69) is 37.8 Å². The van der Waals surface area contributed by atoms with Crippen molar-refractivity contribution in [3.05, 3.63) is 35.4 Å². The number of piperidine rings is 1. The molecule has 3 heteroatoms. The molecule has 1 fully saturated rings. The topological polar surface area (TPSA) is 23.6 Å². The second-order valence-corrected chi connectivity index (χ2v) is 7.77. The van der Waals surface area contributed by atoms with Gasteiger partial charge in [-0.25, -0.2) is 0 Å². The van der Waals surface area contributed by atoms with Crippen molar-refractivity contribution in [3.63, 3.8) is 0 Å². The molecule has 0 aliphatic carbocycles. The lowest BCUT2D eigenvalue weighted by molar-refractivity contribution is 0.0736. The molecule has 1 aromatic carbocycles. The molecular weight excluding hydrogens is 296 g/mol. The summed E-state index contributed by atoms with van der Waals surface area (Å²) in [7, 11) is 1.95. The Bertz CT molecular complexity index is 501. The van der Waals surface area contributed by atoms with Crippen LogP contribution in [0.1, 0.15) is 56.0 Å². The van der Waals surface area contributed by atoms with Gasteiger partial charge in [-0.3, -0.25) is 4.79 Å². The molecule has 1 aromatic rings. The van der Waals surface area contributed by atoms with E-state index < -0.39 is 0 Å². The summed E-state index contributed by atoms with van der Waals surface area (Å²) in [5.74, 6) is 1.53. The lowest BCUT2D eigenvalue weighted by atomic mass is 9.95. The highest BCUT2D eigenvalue weighted by Gasteiger charge is 2.22. The normalized spacial score (nSPS) is 16.5. The highest BCUT2D eigenvalue weighted by molar-refractivity contribution is 5.94. The van der Waals surface area contributed by atoms with Crippen LogP contribution in [-0.2, 0) is 6.42 Å². The predicted octanol–water partition coefficient (Wildman–Crippen LogP) is 4.08. The maximum Gasteiger partial charge on any atom is 0.253 e. The monoisotopic (exact) mass is 330 g/mol. The third-order valence-corrected chi connectivity index (χ3v) is 4.95. The third-order valence-electron chi connectivity index (χ3n) is 4.95. The lowest BCUT2D eigenvalue weighted by Crippen LogP contribution is -2.40. The summed E-state index contributed by atoms with van der Waals surface area (Å²) in [6.07, 6.45) is 4.64. The molecule has 0 bridgehead atoms. The van der Waals surface area contributed by atoms with Crippen LogP contribution in [0.25, 0.3) is 0 Å². The van der Waals surface area contributed by atoms with Gasteiger partial charge in [0.15, 0.2) is 0 Å². The van der Waals surface area contributed by atoms with Gasteiger partial charge in [0.05, 0.1) is 0 Å². The summed E-state index contributed by atoms with van der Waals surface area (Å²) >= 11 is 0. The highest BCUT2D eigenvalue weighted by Crippen LogP contribution is 2.20. The zero-order valence-corrected chi connectivity index (χ0v) is 15.9. The SMILES string of the molecule is CCCc1ccc(C(=O)N(C)CC2CCN(CC(C)C)CC2)cc1. The fourth-order valence-corrected chi connectivity index (χ4v) is 3.66. The highest BCUT2D eigenvalue weighted by atomic mass is 16.2. The molecule has 0 radical (unpaired) electrons. The summed E-state index contributed by atoms with van der Waals surface area (Å²) in [4.78, 5) is 17.1. The first-order chi connectivity index (χ1) is 11.5. The van der Waals surface area contributed by atoms with Crippen LogP contribution >= 0.6 is 0 Å².